The van der Waals surface area contributed by atoms with Crippen LogP contribution in [0.15, 0.2) is 42.5 Å². The number of aromatic nitrogens is 2. The summed E-state index contributed by atoms with van der Waals surface area (Å²) in [5, 5.41) is 19.2. The Morgan fingerprint density at radius 1 is 1.12 bits per heavy atom. The number of aryl methyl sites for hydroxylation is 1. The molecule has 1 aliphatic heterocycles. The lowest BCUT2D eigenvalue weighted by Gasteiger charge is -2.33. The first kappa shape index (κ1) is 21.5. The summed E-state index contributed by atoms with van der Waals surface area (Å²) in [6.45, 7) is 4.17. The summed E-state index contributed by atoms with van der Waals surface area (Å²) >= 11 is 0. The quantitative estimate of drug-likeness (QED) is 0.519. The minimum absolute atomic E-state index is 0.0430. The molecule has 2 aromatic carbocycles. The number of hydrogen-bond acceptors (Lipinski definition) is 3. The number of imidazole rings is 1. The number of rotatable bonds is 3. The molecule has 6 heteroatoms. The van der Waals surface area contributed by atoms with Crippen LogP contribution in [0, 0.1) is 17.2 Å². The molecule has 5 rings (SSSR count). The number of carboxylic acid groups (broad SMARTS) is 1. The van der Waals surface area contributed by atoms with Gasteiger partial charge in [-0.2, -0.15) is 5.26 Å². The van der Waals surface area contributed by atoms with Gasteiger partial charge in [0, 0.05) is 29.5 Å². The highest BCUT2D eigenvalue weighted by Gasteiger charge is 2.33. The number of nitrogens with zero attached hydrogens (tertiary/aromatic N) is 4. The number of fused-ring (bicyclic) bond motifs is 3. The van der Waals surface area contributed by atoms with Crippen LogP contribution in [0.4, 0.5) is 10.5 Å². The maximum absolute atomic E-state index is 12.0. The standard InChI is InChI=1S/C27H30N4O2/c1-17-8-13-22-23(30(17)27(32)33)14-15-24-25(22)29-26(18(2)20-6-4-3-5-7-20)31(24)21-11-9-19(16-28)10-12-21/h3-7,14-15,17-19,21H,8-13H2,1-2H3,(H,32,33). The van der Waals surface area contributed by atoms with E-state index in [1.807, 2.05) is 19.1 Å². The predicted octanol–water partition coefficient (Wildman–Crippen LogP) is 6.26. The van der Waals surface area contributed by atoms with Gasteiger partial charge >= 0.3 is 6.09 Å². The third kappa shape index (κ3) is 3.66. The molecule has 33 heavy (non-hydrogen) atoms. The Morgan fingerprint density at radius 3 is 2.52 bits per heavy atom. The lowest BCUT2D eigenvalue weighted by Crippen LogP contribution is -2.41. The molecule has 2 unspecified atom stereocenters. The molecule has 2 heterocycles. The van der Waals surface area contributed by atoms with Gasteiger partial charge in [-0.15, -0.1) is 0 Å². The fraction of sp³-hybridized carbons (Fsp3) is 0.444. The molecule has 1 amide bonds. The molecule has 2 atom stereocenters. The molecule has 0 radical (unpaired) electrons. The Bertz CT molecular complexity index is 1220. The normalized spacial score (nSPS) is 23.7. The van der Waals surface area contributed by atoms with E-state index in [2.05, 4.69) is 47.9 Å². The van der Waals surface area contributed by atoms with Crippen molar-refractivity contribution in [2.45, 2.75) is 70.4 Å². The molecular formula is C27H30N4O2. The number of amides is 1. The van der Waals surface area contributed by atoms with Gasteiger partial charge in [0.1, 0.15) is 5.82 Å². The summed E-state index contributed by atoms with van der Waals surface area (Å²) < 4.78 is 2.41. The van der Waals surface area contributed by atoms with Crippen molar-refractivity contribution in [2.24, 2.45) is 5.92 Å². The van der Waals surface area contributed by atoms with Gasteiger partial charge in [0.05, 0.1) is 22.8 Å². The first-order valence-corrected chi connectivity index (χ1v) is 12.0. The molecule has 6 nitrogen and oxygen atoms in total. The van der Waals surface area contributed by atoms with E-state index in [9.17, 15) is 15.2 Å². The van der Waals surface area contributed by atoms with E-state index >= 15 is 0 Å². The van der Waals surface area contributed by atoms with Crippen LogP contribution in [-0.4, -0.2) is 26.8 Å². The topological polar surface area (TPSA) is 82.2 Å². The molecule has 0 bridgehead atoms. The molecule has 0 saturated heterocycles. The van der Waals surface area contributed by atoms with Gasteiger partial charge in [-0.05, 0) is 63.1 Å². The van der Waals surface area contributed by atoms with E-state index in [1.54, 1.807) is 0 Å². The fourth-order valence-electron chi connectivity index (χ4n) is 5.75. The summed E-state index contributed by atoms with van der Waals surface area (Å²) in [4.78, 5) is 18.7. The van der Waals surface area contributed by atoms with Crippen LogP contribution in [0.3, 0.4) is 0 Å². The van der Waals surface area contributed by atoms with Gasteiger partial charge < -0.3 is 9.67 Å². The lowest BCUT2D eigenvalue weighted by atomic mass is 9.86. The molecule has 170 valence electrons. The van der Waals surface area contributed by atoms with Gasteiger partial charge in [-0.3, -0.25) is 4.90 Å². The van der Waals surface area contributed by atoms with Crippen LogP contribution in [0.5, 0.6) is 0 Å². The van der Waals surface area contributed by atoms with Gasteiger partial charge in [-0.25, -0.2) is 9.78 Å². The number of nitriles is 1. The monoisotopic (exact) mass is 442 g/mol. The number of benzene rings is 2. The first-order chi connectivity index (χ1) is 16.0. The van der Waals surface area contributed by atoms with E-state index in [0.29, 0.717) is 6.04 Å². The van der Waals surface area contributed by atoms with Gasteiger partial charge in [0.2, 0.25) is 0 Å². The summed E-state index contributed by atoms with van der Waals surface area (Å²) in [6.07, 6.45) is 4.47. The summed E-state index contributed by atoms with van der Waals surface area (Å²) in [6, 6.07) is 17.2. The van der Waals surface area contributed by atoms with Crippen molar-refractivity contribution in [1.82, 2.24) is 9.55 Å². The second-order valence-electron chi connectivity index (χ2n) is 9.58. The zero-order valence-corrected chi connectivity index (χ0v) is 19.2. The third-order valence-corrected chi connectivity index (χ3v) is 7.62. The Hall–Kier alpha value is -3.33. The van der Waals surface area contributed by atoms with Gasteiger partial charge in [0.25, 0.3) is 0 Å². The number of hydrogen-bond donors (Lipinski definition) is 1. The third-order valence-electron chi connectivity index (χ3n) is 7.62. The van der Waals surface area contributed by atoms with Gasteiger partial charge in [-0.1, -0.05) is 37.3 Å². The maximum Gasteiger partial charge on any atom is 0.412 e. The van der Waals surface area contributed by atoms with E-state index in [-0.39, 0.29) is 17.9 Å². The van der Waals surface area contributed by atoms with E-state index < -0.39 is 6.09 Å². The van der Waals surface area contributed by atoms with Crippen LogP contribution in [0.1, 0.15) is 74.9 Å². The highest BCUT2D eigenvalue weighted by atomic mass is 16.4. The predicted molar refractivity (Wildman–Crippen MR) is 129 cm³/mol. The molecule has 1 N–H and O–H groups in total. The number of carbonyl (C=O) groups is 1. The average Bonchev–Trinajstić information content (AvgIpc) is 3.23. The Balaban J connectivity index is 1.68. The second kappa shape index (κ2) is 8.55. The zero-order chi connectivity index (χ0) is 23.1. The SMILES string of the molecule is CC(c1ccccc1)c1nc2c3c(ccc2n1C1CCC(C#N)CC1)N(C(=O)O)C(C)CC3. The van der Waals surface area contributed by atoms with Crippen molar-refractivity contribution in [3.63, 3.8) is 0 Å². The van der Waals surface area contributed by atoms with Crippen molar-refractivity contribution >= 4 is 22.8 Å². The molecular weight excluding hydrogens is 412 g/mol. The van der Waals surface area contributed by atoms with E-state index in [0.717, 1.165) is 66.6 Å². The first-order valence-electron chi connectivity index (χ1n) is 12.0. The number of anilines is 1. The Labute approximate surface area is 194 Å². The average molecular weight is 443 g/mol. The molecule has 1 saturated carbocycles. The van der Waals surface area contributed by atoms with E-state index in [4.69, 9.17) is 4.98 Å². The minimum atomic E-state index is -0.907. The second-order valence-corrected chi connectivity index (χ2v) is 9.58. The lowest BCUT2D eigenvalue weighted by molar-refractivity contribution is 0.198. The Morgan fingerprint density at radius 2 is 1.85 bits per heavy atom. The van der Waals surface area contributed by atoms with Crippen molar-refractivity contribution in [3.05, 3.63) is 59.4 Å². The minimum Gasteiger partial charge on any atom is -0.465 e. The Kier molecular flexibility index (Phi) is 5.57. The van der Waals surface area contributed by atoms with Crippen LogP contribution >= 0.6 is 0 Å². The van der Waals surface area contributed by atoms with Crippen molar-refractivity contribution < 1.29 is 9.90 Å². The molecule has 3 aromatic rings. The smallest absolute Gasteiger partial charge is 0.412 e. The summed E-state index contributed by atoms with van der Waals surface area (Å²) in [7, 11) is 0. The van der Waals surface area contributed by atoms with Crippen LogP contribution in [0.2, 0.25) is 0 Å². The molecule has 2 aliphatic rings. The van der Waals surface area contributed by atoms with Gasteiger partial charge in [0.15, 0.2) is 0 Å². The summed E-state index contributed by atoms with van der Waals surface area (Å²) in [5.41, 5.74) is 5.05. The van der Waals surface area contributed by atoms with Crippen LogP contribution < -0.4 is 4.90 Å². The van der Waals surface area contributed by atoms with Crippen LogP contribution in [-0.2, 0) is 6.42 Å². The van der Waals surface area contributed by atoms with Crippen molar-refractivity contribution in [2.75, 3.05) is 4.90 Å². The van der Waals surface area contributed by atoms with Crippen molar-refractivity contribution in [3.8, 4) is 6.07 Å². The van der Waals surface area contributed by atoms with Crippen molar-refractivity contribution in [1.29, 1.82) is 5.26 Å². The van der Waals surface area contributed by atoms with Crippen LogP contribution in [0.25, 0.3) is 11.0 Å². The fourth-order valence-corrected chi connectivity index (χ4v) is 5.75. The summed E-state index contributed by atoms with van der Waals surface area (Å²) in [5.74, 6) is 1.29. The molecule has 1 aliphatic carbocycles. The largest absolute Gasteiger partial charge is 0.465 e. The highest BCUT2D eigenvalue weighted by Crippen LogP contribution is 2.42. The molecule has 0 spiro atoms. The van der Waals surface area contributed by atoms with E-state index in [1.165, 1.54) is 10.5 Å². The molecule has 1 aromatic heterocycles. The maximum atomic E-state index is 12.0. The zero-order valence-electron chi connectivity index (χ0n) is 19.2. The highest BCUT2D eigenvalue weighted by molar-refractivity contribution is 5.94. The molecule has 1 fully saturated rings.